The van der Waals surface area contributed by atoms with Gasteiger partial charge in [0.25, 0.3) is 23.6 Å². The fourth-order valence-electron chi connectivity index (χ4n) is 7.72. The number of piperidine rings is 2. The molecule has 0 unspecified atom stereocenters. The van der Waals surface area contributed by atoms with Gasteiger partial charge in [-0.2, -0.15) is 0 Å². The van der Waals surface area contributed by atoms with Gasteiger partial charge in [-0.1, -0.05) is 23.2 Å². The Morgan fingerprint density at radius 2 is 0.959 bits per heavy atom. The van der Waals surface area contributed by atoms with Crippen LogP contribution in [0.4, 0.5) is 20.2 Å². The van der Waals surface area contributed by atoms with Gasteiger partial charge in [0.15, 0.2) is 13.2 Å². The summed E-state index contributed by atoms with van der Waals surface area (Å²) in [7, 11) is 3.21. The van der Waals surface area contributed by atoms with Crippen LogP contribution in [0.2, 0.25) is 10.0 Å². The van der Waals surface area contributed by atoms with Crippen molar-refractivity contribution in [2.45, 2.75) is 50.0 Å². The highest BCUT2D eigenvalue weighted by molar-refractivity contribution is 6.34. The fraction of sp³-hybridized carbons (Fsp3) is 0.417. The van der Waals surface area contributed by atoms with Crippen LogP contribution in [-0.4, -0.2) is 154 Å². The normalized spacial score (nSPS) is 17.4. The molecule has 0 aromatic heterocycles. The smallest absolute Gasteiger partial charge is 0.255 e. The quantitative estimate of drug-likeness (QED) is 0.0484. The highest BCUT2D eigenvalue weighted by Crippen LogP contribution is 2.31. The minimum atomic E-state index is -0.681. The van der Waals surface area contributed by atoms with Crippen LogP contribution in [0.3, 0.4) is 0 Å². The predicted molar refractivity (Wildman–Crippen MR) is 271 cm³/mol. The molecule has 6 rings (SSSR count). The van der Waals surface area contributed by atoms with E-state index in [0.717, 1.165) is 39.0 Å². The molecule has 2 saturated heterocycles. The third kappa shape index (κ3) is 19.9. The van der Waals surface area contributed by atoms with Gasteiger partial charge in [-0.25, -0.2) is 8.78 Å². The van der Waals surface area contributed by atoms with E-state index in [1.165, 1.54) is 48.5 Å². The summed E-state index contributed by atoms with van der Waals surface area (Å²) in [5.74, 6) is -1.29. The molecule has 2 aliphatic heterocycles. The van der Waals surface area contributed by atoms with Gasteiger partial charge in [0, 0.05) is 65.6 Å². The highest BCUT2D eigenvalue weighted by Gasteiger charge is 2.33. The van der Waals surface area contributed by atoms with Crippen molar-refractivity contribution in [2.75, 3.05) is 91.4 Å². The molecule has 25 heteroatoms. The second-order valence-electron chi connectivity index (χ2n) is 16.4. The Hall–Kier alpha value is -6.28. The van der Waals surface area contributed by atoms with E-state index in [1.807, 2.05) is 0 Å². The van der Waals surface area contributed by atoms with E-state index in [4.69, 9.17) is 74.6 Å². The molecule has 4 aromatic carbocycles. The van der Waals surface area contributed by atoms with Crippen molar-refractivity contribution in [1.29, 1.82) is 0 Å². The number of likely N-dealkylation sites (tertiary alicyclic amines) is 2. The number of nitrogens with one attached hydrogen (secondary N) is 2. The van der Waals surface area contributed by atoms with Crippen LogP contribution in [0.1, 0.15) is 46.4 Å². The highest BCUT2D eigenvalue weighted by atomic mass is 35.5. The second kappa shape index (κ2) is 31.3. The summed E-state index contributed by atoms with van der Waals surface area (Å²) in [6.07, 6.45) is 2.45. The number of ether oxygens (including phenoxy) is 6. The number of carbonyl (C=O) groups is 4. The number of rotatable bonds is 22. The van der Waals surface area contributed by atoms with Gasteiger partial charge in [-0.05, 0) is 86.3 Å². The number of amides is 4. The van der Waals surface area contributed by atoms with Crippen molar-refractivity contribution >= 4 is 58.2 Å². The summed E-state index contributed by atoms with van der Waals surface area (Å²) in [6.45, 7) is 4.58. The minimum Gasteiger partial charge on any atom is -0.494 e. The number of carbonyl (C=O) groups excluding carboxylic acids is 4. The van der Waals surface area contributed by atoms with Crippen LogP contribution in [0, 0.1) is 11.6 Å². The van der Waals surface area contributed by atoms with E-state index in [9.17, 15) is 28.0 Å². The summed E-state index contributed by atoms with van der Waals surface area (Å²) in [5, 5.41) is 6.36. The second-order valence-corrected chi connectivity index (χ2v) is 17.3. The van der Waals surface area contributed by atoms with E-state index in [-0.39, 0.29) is 96.4 Å². The van der Waals surface area contributed by atoms with Gasteiger partial charge in [-0.15, -0.1) is 0 Å². The van der Waals surface area contributed by atoms with Crippen LogP contribution in [-0.2, 0) is 19.1 Å². The molecule has 4 aromatic rings. The molecule has 2 aliphatic rings. The molecule has 2 heterocycles. The zero-order valence-electron chi connectivity index (χ0n) is 40.4. The number of hydrogen-bond acceptors (Lipinski definition) is 14. The molecule has 73 heavy (non-hydrogen) atoms. The molecule has 4 amide bonds. The molecule has 16 N–H and O–H groups in total. The topological polar surface area (TPSA) is 353 Å². The van der Waals surface area contributed by atoms with E-state index >= 15 is 0 Å². The predicted octanol–water partition coefficient (Wildman–Crippen LogP) is 1.95. The number of hydrogen-bond donors (Lipinski definition) is 6. The summed E-state index contributed by atoms with van der Waals surface area (Å²) in [5.41, 5.74) is 22.7. The summed E-state index contributed by atoms with van der Waals surface area (Å²) in [6, 6.07) is 17.0. The van der Waals surface area contributed by atoms with E-state index in [1.54, 1.807) is 38.5 Å². The van der Waals surface area contributed by atoms with Crippen LogP contribution in [0.15, 0.2) is 72.8 Å². The molecule has 4 atom stereocenters. The maximum atomic E-state index is 13.0. The molecule has 21 nitrogen and oxygen atoms in total. The van der Waals surface area contributed by atoms with E-state index < -0.39 is 36.8 Å². The van der Waals surface area contributed by atoms with E-state index in [0.29, 0.717) is 50.6 Å². The first-order valence-corrected chi connectivity index (χ1v) is 23.2. The third-order valence-corrected chi connectivity index (χ3v) is 12.0. The summed E-state index contributed by atoms with van der Waals surface area (Å²) in [4.78, 5) is 52.8. The lowest BCUT2D eigenvalue weighted by Crippen LogP contribution is -2.55. The van der Waals surface area contributed by atoms with Crippen molar-refractivity contribution in [3.8, 4) is 23.0 Å². The number of halogens is 4. The van der Waals surface area contributed by atoms with E-state index in [2.05, 4.69) is 20.4 Å². The molecule has 0 bridgehead atoms. The standard InChI is InChI=1S/2C24H30ClFN4O5.3H2O/c2*1-33-22-13-30(8-2-10-34-16-5-3-15(26)4-6-16)9-7-20(22)29-24(32)17-11-18(25)19(27)12-21(17)35-14-23(28)31;;;/h2*3-6,11-12,20,22H,2,7-10,13-14,27H2,1H3,(H2,28,31)(H,29,32);3*1H2/t2*20-,22+;;;/m00.../s1. The molecule has 0 spiro atoms. The number of methoxy groups -OCH3 is 2. The first-order valence-electron chi connectivity index (χ1n) is 22.4. The lowest BCUT2D eigenvalue weighted by Gasteiger charge is -2.38. The van der Waals surface area contributed by atoms with Crippen molar-refractivity contribution in [2.24, 2.45) is 11.5 Å². The number of benzene rings is 4. The Balaban J connectivity index is 0.000000480. The number of primary amides is 2. The maximum Gasteiger partial charge on any atom is 0.255 e. The van der Waals surface area contributed by atoms with Gasteiger partial charge < -0.3 is 88.2 Å². The van der Waals surface area contributed by atoms with Crippen LogP contribution in [0.25, 0.3) is 0 Å². The number of nitrogens with two attached hydrogens (primary N) is 4. The largest absolute Gasteiger partial charge is 0.494 e. The molecular formula is C48H66Cl2F2N8O13. The molecule has 2 fully saturated rings. The number of nitrogens with zero attached hydrogens (tertiary/aromatic N) is 2. The van der Waals surface area contributed by atoms with Gasteiger partial charge in [0.05, 0.1) is 70.1 Å². The monoisotopic (exact) mass is 1070 g/mol. The Kier molecular flexibility index (Phi) is 27.0. The zero-order chi connectivity index (χ0) is 50.7. The van der Waals surface area contributed by atoms with Crippen LogP contribution in [0.5, 0.6) is 23.0 Å². The van der Waals surface area contributed by atoms with Crippen molar-refractivity contribution in [1.82, 2.24) is 20.4 Å². The lowest BCUT2D eigenvalue weighted by atomic mass is 10.0. The van der Waals surface area contributed by atoms with Gasteiger partial charge >= 0.3 is 0 Å². The van der Waals surface area contributed by atoms with Gasteiger partial charge in [-0.3, -0.25) is 19.2 Å². The maximum absolute atomic E-state index is 13.0. The Morgan fingerprint density at radius 3 is 1.29 bits per heavy atom. The van der Waals surface area contributed by atoms with Crippen molar-refractivity contribution in [3.63, 3.8) is 0 Å². The SMILES string of the molecule is CO[C@@H]1CN(CCCOc2ccc(F)cc2)CC[C@@H]1NC(=O)c1cc(Cl)c(N)cc1OCC(N)=O.CO[C@@H]1CN(CCCOc2ccc(F)cc2)CC[C@@H]1NC(=O)c1cc(Cl)c(N)cc1OCC(N)=O.O.O.O. The minimum absolute atomic E-state index is 0. The van der Waals surface area contributed by atoms with Gasteiger partial charge in [0.1, 0.15) is 34.6 Å². The Bertz CT molecular complexity index is 2220. The first-order chi connectivity index (χ1) is 33.5. The number of nitrogen functional groups attached to an aromatic ring is 2. The number of anilines is 2. The average Bonchev–Trinajstić information content (AvgIpc) is 3.34. The first kappa shape index (κ1) is 62.8. The Morgan fingerprint density at radius 1 is 0.603 bits per heavy atom. The fourth-order valence-corrected chi connectivity index (χ4v) is 8.04. The van der Waals surface area contributed by atoms with Crippen LogP contribution >= 0.6 is 23.2 Å². The molecule has 404 valence electrons. The summed E-state index contributed by atoms with van der Waals surface area (Å²) < 4.78 is 59.3. The van der Waals surface area contributed by atoms with Crippen molar-refractivity contribution in [3.05, 3.63) is 106 Å². The molecular weight excluding hydrogens is 1010 g/mol. The average molecular weight is 1070 g/mol. The lowest BCUT2D eigenvalue weighted by molar-refractivity contribution is -0.120. The Labute approximate surface area is 431 Å². The zero-order valence-corrected chi connectivity index (χ0v) is 41.9. The van der Waals surface area contributed by atoms with Crippen LogP contribution < -0.4 is 52.5 Å². The van der Waals surface area contributed by atoms with Gasteiger partial charge in [0.2, 0.25) is 0 Å². The molecule has 0 radical (unpaired) electrons. The third-order valence-electron chi connectivity index (χ3n) is 11.4. The van der Waals surface area contributed by atoms with Crippen molar-refractivity contribution < 1.29 is 72.8 Å². The summed E-state index contributed by atoms with van der Waals surface area (Å²) >= 11 is 12.2. The molecule has 0 aliphatic carbocycles. The molecule has 0 saturated carbocycles.